The van der Waals surface area contributed by atoms with Crippen LogP contribution in [0.5, 0.6) is 5.88 Å². The van der Waals surface area contributed by atoms with Crippen molar-refractivity contribution in [3.63, 3.8) is 0 Å². The second kappa shape index (κ2) is 15.9. The average molecular weight is 707 g/mol. The van der Waals surface area contributed by atoms with Gasteiger partial charge in [0, 0.05) is 36.7 Å². The van der Waals surface area contributed by atoms with E-state index in [1.54, 1.807) is 13.8 Å². The average Bonchev–Trinajstić information content (AvgIpc) is 3.16. The Labute approximate surface area is 312 Å². The van der Waals surface area contributed by atoms with E-state index in [-0.39, 0.29) is 24.5 Å². The zero-order valence-electron chi connectivity index (χ0n) is 32.0. The molecule has 1 heterocycles. The first-order valence-electron chi connectivity index (χ1n) is 18.7. The number of nitrogens with zero attached hydrogens (tertiary/aromatic N) is 4. The van der Waals surface area contributed by atoms with Crippen molar-refractivity contribution in [3.05, 3.63) is 151 Å². The second-order valence-corrected chi connectivity index (χ2v) is 13.7. The third-order valence-corrected chi connectivity index (χ3v) is 10.5. The molecule has 0 atom stereocenters. The molecule has 0 saturated carbocycles. The van der Waals surface area contributed by atoms with E-state index in [0.717, 1.165) is 58.9 Å². The lowest BCUT2D eigenvalue weighted by Crippen LogP contribution is -2.41. The summed E-state index contributed by atoms with van der Waals surface area (Å²) in [5.41, 5.74) is 8.01. The highest BCUT2D eigenvalue weighted by atomic mass is 16.3. The minimum atomic E-state index is -0.505. The molecule has 0 fully saturated rings. The lowest BCUT2D eigenvalue weighted by atomic mass is 9.83. The van der Waals surface area contributed by atoms with Gasteiger partial charge in [0.25, 0.3) is 5.56 Å². The standard InChI is InChI=1S/C46H50N4O3/c1-8-48(41-29-27-35-17-12-14-21-39(35)33(41)7)31(5)23-25-37-19-15-18-36(42(37)43-44(51)49(9-2)46(53)50(10-3)45(43)52)24-22-30(4)47-40-28-26-34-16-11-13-20-38(34)32(40)6/h11-14,16-17,20-29,51H,8-10,15,18-19H2,1-7H3/b24-22+,31-23+,37-25+,47-30?. The number of hydrogen-bond donors (Lipinski definition) is 1. The highest BCUT2D eigenvalue weighted by Crippen LogP contribution is 2.39. The molecule has 272 valence electrons. The fourth-order valence-corrected chi connectivity index (χ4v) is 7.67. The Morgan fingerprint density at radius 2 is 1.47 bits per heavy atom. The number of aliphatic imine (C=N–C) groups is 1. The number of benzene rings is 4. The fraction of sp³-hybridized carbons (Fsp3) is 0.283. The number of aromatic hydroxyl groups is 1. The second-order valence-electron chi connectivity index (χ2n) is 13.7. The van der Waals surface area contributed by atoms with Crippen LogP contribution in [0.1, 0.15) is 70.6 Å². The van der Waals surface area contributed by atoms with Crippen LogP contribution in [0.2, 0.25) is 0 Å². The highest BCUT2D eigenvalue weighted by Gasteiger charge is 2.27. The van der Waals surface area contributed by atoms with Gasteiger partial charge in [0.1, 0.15) is 5.56 Å². The molecule has 1 aliphatic rings. The van der Waals surface area contributed by atoms with Gasteiger partial charge >= 0.3 is 5.69 Å². The van der Waals surface area contributed by atoms with Gasteiger partial charge in [-0.15, -0.1) is 0 Å². The summed E-state index contributed by atoms with van der Waals surface area (Å²) < 4.78 is 2.51. The van der Waals surface area contributed by atoms with Crippen molar-refractivity contribution in [1.82, 2.24) is 9.13 Å². The molecule has 7 heteroatoms. The van der Waals surface area contributed by atoms with E-state index in [4.69, 9.17) is 4.99 Å². The van der Waals surface area contributed by atoms with Gasteiger partial charge in [0.2, 0.25) is 5.88 Å². The maximum Gasteiger partial charge on any atom is 0.333 e. The quantitative estimate of drug-likeness (QED) is 0.147. The highest BCUT2D eigenvalue weighted by molar-refractivity contribution is 5.98. The van der Waals surface area contributed by atoms with Gasteiger partial charge in [-0.3, -0.25) is 18.9 Å². The molecular formula is C46H50N4O3. The van der Waals surface area contributed by atoms with E-state index >= 15 is 0 Å². The Morgan fingerprint density at radius 1 is 0.830 bits per heavy atom. The van der Waals surface area contributed by atoms with Crippen molar-refractivity contribution >= 4 is 44.2 Å². The van der Waals surface area contributed by atoms with Gasteiger partial charge in [0.15, 0.2) is 0 Å². The predicted molar refractivity (Wildman–Crippen MR) is 223 cm³/mol. The zero-order valence-corrected chi connectivity index (χ0v) is 32.0. The topological polar surface area (TPSA) is 79.8 Å². The van der Waals surface area contributed by atoms with Crippen LogP contribution >= 0.6 is 0 Å². The van der Waals surface area contributed by atoms with E-state index in [1.165, 1.54) is 36.2 Å². The van der Waals surface area contributed by atoms with Crippen LogP contribution in [0.15, 0.2) is 129 Å². The van der Waals surface area contributed by atoms with E-state index in [1.807, 2.05) is 37.3 Å². The van der Waals surface area contributed by atoms with Crippen molar-refractivity contribution in [1.29, 1.82) is 0 Å². The Bertz CT molecular complexity index is 2490. The third-order valence-electron chi connectivity index (χ3n) is 10.5. The number of allylic oxidation sites excluding steroid dienone is 8. The number of fused-ring (bicyclic) bond motifs is 2. The molecule has 0 aliphatic heterocycles. The van der Waals surface area contributed by atoms with Crippen LogP contribution < -0.4 is 16.1 Å². The van der Waals surface area contributed by atoms with E-state index < -0.39 is 11.2 Å². The molecule has 0 saturated heterocycles. The van der Waals surface area contributed by atoms with Crippen LogP contribution in [0, 0.1) is 13.8 Å². The zero-order chi connectivity index (χ0) is 37.8. The molecule has 7 nitrogen and oxygen atoms in total. The van der Waals surface area contributed by atoms with Crippen molar-refractivity contribution < 1.29 is 5.11 Å². The van der Waals surface area contributed by atoms with Gasteiger partial charge < -0.3 is 10.0 Å². The summed E-state index contributed by atoms with van der Waals surface area (Å²) in [6.45, 7) is 15.3. The number of aromatic nitrogens is 2. The summed E-state index contributed by atoms with van der Waals surface area (Å²) in [5, 5.41) is 16.4. The summed E-state index contributed by atoms with van der Waals surface area (Å²) >= 11 is 0. The largest absolute Gasteiger partial charge is 0.494 e. The number of rotatable bonds is 10. The molecule has 0 bridgehead atoms. The summed E-state index contributed by atoms with van der Waals surface area (Å²) in [6, 6.07) is 25.3. The number of anilines is 1. The van der Waals surface area contributed by atoms with Crippen molar-refractivity contribution in [3.8, 4) is 5.88 Å². The predicted octanol–water partition coefficient (Wildman–Crippen LogP) is 10.3. The maximum atomic E-state index is 14.1. The van der Waals surface area contributed by atoms with E-state index in [0.29, 0.717) is 12.0 Å². The van der Waals surface area contributed by atoms with Gasteiger partial charge in [-0.05, 0) is 141 Å². The normalized spacial score (nSPS) is 15.0. The molecule has 0 spiro atoms. The molecule has 4 aromatic carbocycles. The summed E-state index contributed by atoms with van der Waals surface area (Å²) in [4.78, 5) is 34.6. The number of aryl methyl sites for hydroxylation is 2. The third kappa shape index (κ3) is 7.21. The molecule has 6 rings (SSSR count). The van der Waals surface area contributed by atoms with Gasteiger partial charge in [0.05, 0.1) is 5.69 Å². The molecule has 1 aromatic heterocycles. The Kier molecular flexibility index (Phi) is 11.1. The molecule has 53 heavy (non-hydrogen) atoms. The molecule has 1 aliphatic carbocycles. The van der Waals surface area contributed by atoms with E-state index in [9.17, 15) is 14.7 Å². The fourth-order valence-electron chi connectivity index (χ4n) is 7.67. The Morgan fingerprint density at radius 3 is 2.13 bits per heavy atom. The summed E-state index contributed by atoms with van der Waals surface area (Å²) in [6.07, 6.45) is 10.5. The van der Waals surface area contributed by atoms with Gasteiger partial charge in [-0.25, -0.2) is 4.79 Å². The minimum Gasteiger partial charge on any atom is -0.494 e. The molecular weight excluding hydrogens is 657 g/mol. The Balaban J connectivity index is 1.49. The molecule has 0 radical (unpaired) electrons. The summed E-state index contributed by atoms with van der Waals surface area (Å²) in [5.74, 6) is -0.291. The molecule has 1 N–H and O–H groups in total. The van der Waals surface area contributed by atoms with Crippen molar-refractivity contribution in [2.24, 2.45) is 4.99 Å². The molecule has 0 unspecified atom stereocenters. The lowest BCUT2D eigenvalue weighted by Gasteiger charge is -2.27. The van der Waals surface area contributed by atoms with Crippen molar-refractivity contribution in [2.75, 3.05) is 11.4 Å². The van der Waals surface area contributed by atoms with Crippen LogP contribution in [0.25, 0.3) is 27.1 Å². The summed E-state index contributed by atoms with van der Waals surface area (Å²) in [7, 11) is 0. The first-order chi connectivity index (χ1) is 25.6. The van der Waals surface area contributed by atoms with Gasteiger partial charge in [-0.2, -0.15) is 0 Å². The van der Waals surface area contributed by atoms with Crippen molar-refractivity contribution in [2.45, 2.75) is 80.8 Å². The van der Waals surface area contributed by atoms with Gasteiger partial charge in [-0.1, -0.05) is 72.8 Å². The molecule has 5 aromatic rings. The minimum absolute atomic E-state index is 0.169. The first kappa shape index (κ1) is 37.1. The maximum absolute atomic E-state index is 14.1. The smallest absolute Gasteiger partial charge is 0.333 e. The van der Waals surface area contributed by atoms with Crippen LogP contribution in [-0.2, 0) is 13.1 Å². The number of hydrogen-bond acceptors (Lipinski definition) is 5. The van der Waals surface area contributed by atoms with Crippen LogP contribution in [0.3, 0.4) is 0 Å². The molecule has 0 amide bonds. The lowest BCUT2D eigenvalue weighted by molar-refractivity contribution is 0.393. The van der Waals surface area contributed by atoms with Crippen LogP contribution in [-0.4, -0.2) is 26.5 Å². The van der Waals surface area contributed by atoms with E-state index in [2.05, 4.69) is 99.3 Å². The first-order valence-corrected chi connectivity index (χ1v) is 18.7. The van der Waals surface area contributed by atoms with Crippen LogP contribution in [0.4, 0.5) is 11.4 Å². The SMILES string of the molecule is CCN(/C(C)=C/C=C1\CCCC(/C=C/C(C)=Nc2ccc3ccccc3c2C)=C1c1c(O)n(CC)c(=O)n(CC)c1=O)c1ccc2ccccc2c1C. The Hall–Kier alpha value is -5.69. The monoisotopic (exact) mass is 706 g/mol.